The van der Waals surface area contributed by atoms with Crippen LogP contribution in [0.4, 0.5) is 4.79 Å². The van der Waals surface area contributed by atoms with E-state index in [9.17, 15) is 4.79 Å². The molecule has 0 unspecified atom stereocenters. The zero-order valence-corrected chi connectivity index (χ0v) is 9.69. The Hall–Kier alpha value is -1.11. The third-order valence-corrected chi connectivity index (χ3v) is 2.43. The van der Waals surface area contributed by atoms with Gasteiger partial charge in [0.1, 0.15) is 0 Å². The average molecular weight is 304 g/mol. The molecule has 1 amide bonds. The maximum atomic E-state index is 10.6. The molecule has 0 atom stereocenters. The molecular weight excluding hydrogens is 295 g/mol. The summed E-state index contributed by atoms with van der Waals surface area (Å²) >= 11 is 2.19. The van der Waals surface area contributed by atoms with E-state index in [1.807, 2.05) is 24.3 Å². The lowest BCUT2D eigenvalue weighted by molar-refractivity contribution is 0.171. The number of amides is 1. The molecule has 14 heavy (non-hydrogen) atoms. The Kier molecular flexibility index (Phi) is 4.37. The molecular formula is C9H9IN2O2. The van der Waals surface area contributed by atoms with Crippen LogP contribution in [0.25, 0.3) is 0 Å². The summed E-state index contributed by atoms with van der Waals surface area (Å²) < 4.78 is 5.42. The second-order valence-corrected chi connectivity index (χ2v) is 3.55. The first kappa shape index (κ1) is 11.0. The van der Waals surface area contributed by atoms with Crippen molar-refractivity contribution in [2.75, 3.05) is 7.11 Å². The van der Waals surface area contributed by atoms with Crippen LogP contribution in [0.2, 0.25) is 0 Å². The first-order chi connectivity index (χ1) is 6.74. The molecule has 5 heteroatoms. The van der Waals surface area contributed by atoms with Crippen molar-refractivity contribution in [3.05, 3.63) is 33.4 Å². The largest absolute Gasteiger partial charge is 0.452 e. The average Bonchev–Trinajstić information content (AvgIpc) is 2.20. The summed E-state index contributed by atoms with van der Waals surface area (Å²) in [4.78, 5) is 10.6. The zero-order valence-electron chi connectivity index (χ0n) is 7.53. The van der Waals surface area contributed by atoms with Crippen LogP contribution >= 0.6 is 22.6 Å². The van der Waals surface area contributed by atoms with Crippen molar-refractivity contribution >= 4 is 34.9 Å². The van der Waals surface area contributed by atoms with Gasteiger partial charge in [-0.1, -0.05) is 18.2 Å². The summed E-state index contributed by atoms with van der Waals surface area (Å²) in [7, 11) is 1.29. The molecule has 0 fully saturated rings. The van der Waals surface area contributed by atoms with Gasteiger partial charge in [-0.3, -0.25) is 0 Å². The van der Waals surface area contributed by atoms with Gasteiger partial charge in [0.15, 0.2) is 0 Å². The molecule has 0 aliphatic carbocycles. The number of nitrogens with zero attached hydrogens (tertiary/aromatic N) is 1. The summed E-state index contributed by atoms with van der Waals surface area (Å²) in [6.07, 6.45) is 0.991. The molecule has 1 aromatic rings. The topological polar surface area (TPSA) is 50.7 Å². The van der Waals surface area contributed by atoms with Crippen molar-refractivity contribution in [2.45, 2.75) is 0 Å². The van der Waals surface area contributed by atoms with Gasteiger partial charge in [0.05, 0.1) is 13.3 Å². The second-order valence-electron chi connectivity index (χ2n) is 2.38. The Balaban J connectivity index is 2.60. The van der Waals surface area contributed by atoms with Crippen molar-refractivity contribution in [1.82, 2.24) is 5.43 Å². The van der Waals surface area contributed by atoms with Gasteiger partial charge >= 0.3 is 6.09 Å². The molecule has 0 aliphatic rings. The van der Waals surface area contributed by atoms with Gasteiger partial charge in [-0.15, -0.1) is 0 Å². The van der Waals surface area contributed by atoms with Gasteiger partial charge in [-0.05, 0) is 28.7 Å². The molecule has 0 aliphatic heterocycles. The van der Waals surface area contributed by atoms with E-state index in [2.05, 4.69) is 37.9 Å². The molecule has 0 saturated carbocycles. The van der Waals surface area contributed by atoms with Crippen molar-refractivity contribution in [2.24, 2.45) is 5.10 Å². The molecule has 1 aromatic carbocycles. The Labute approximate surface area is 95.5 Å². The van der Waals surface area contributed by atoms with Crippen LogP contribution in [-0.2, 0) is 4.74 Å². The number of methoxy groups -OCH3 is 1. The lowest BCUT2D eigenvalue weighted by Crippen LogP contribution is -2.16. The normalized spacial score (nSPS) is 10.1. The monoisotopic (exact) mass is 304 g/mol. The number of rotatable bonds is 2. The van der Waals surface area contributed by atoms with Gasteiger partial charge in [0.25, 0.3) is 0 Å². The summed E-state index contributed by atoms with van der Waals surface area (Å²) in [5, 5.41) is 3.72. The molecule has 0 saturated heterocycles. The highest BCUT2D eigenvalue weighted by Gasteiger charge is 1.95. The fourth-order valence-electron chi connectivity index (χ4n) is 0.780. The van der Waals surface area contributed by atoms with Gasteiger partial charge in [-0.2, -0.15) is 5.10 Å². The van der Waals surface area contributed by atoms with E-state index in [1.165, 1.54) is 7.11 Å². The van der Waals surface area contributed by atoms with E-state index in [0.29, 0.717) is 0 Å². The molecule has 1 rings (SSSR count). The SMILES string of the molecule is COC(=O)N/N=C\c1ccccc1I. The highest BCUT2D eigenvalue weighted by molar-refractivity contribution is 14.1. The maximum Gasteiger partial charge on any atom is 0.427 e. The third-order valence-electron chi connectivity index (χ3n) is 1.45. The Bertz CT molecular complexity index is 352. The molecule has 0 heterocycles. The van der Waals surface area contributed by atoms with Gasteiger partial charge < -0.3 is 4.74 Å². The van der Waals surface area contributed by atoms with Crippen molar-refractivity contribution in [1.29, 1.82) is 0 Å². The van der Waals surface area contributed by atoms with Gasteiger partial charge in [-0.25, -0.2) is 10.2 Å². The summed E-state index contributed by atoms with van der Waals surface area (Å²) in [6, 6.07) is 7.71. The second kappa shape index (κ2) is 5.58. The molecule has 0 aromatic heterocycles. The molecule has 1 N–H and O–H groups in total. The summed E-state index contributed by atoms with van der Waals surface area (Å²) in [5.41, 5.74) is 3.16. The van der Waals surface area contributed by atoms with E-state index >= 15 is 0 Å². The number of benzene rings is 1. The molecule has 4 nitrogen and oxygen atoms in total. The van der Waals surface area contributed by atoms with Crippen LogP contribution in [0, 0.1) is 3.57 Å². The maximum absolute atomic E-state index is 10.6. The molecule has 74 valence electrons. The van der Waals surface area contributed by atoms with E-state index < -0.39 is 6.09 Å². The highest BCUT2D eigenvalue weighted by atomic mass is 127. The van der Waals surface area contributed by atoms with E-state index in [1.54, 1.807) is 6.21 Å². The lowest BCUT2D eigenvalue weighted by atomic mass is 10.2. The van der Waals surface area contributed by atoms with Crippen LogP contribution < -0.4 is 5.43 Å². The predicted molar refractivity (Wildman–Crippen MR) is 62.3 cm³/mol. The van der Waals surface area contributed by atoms with Gasteiger partial charge in [0.2, 0.25) is 0 Å². The van der Waals surface area contributed by atoms with Crippen LogP contribution in [0.1, 0.15) is 5.56 Å². The first-order valence-electron chi connectivity index (χ1n) is 3.85. The van der Waals surface area contributed by atoms with Crippen molar-refractivity contribution < 1.29 is 9.53 Å². The molecule has 0 spiro atoms. The fourth-order valence-corrected chi connectivity index (χ4v) is 1.31. The minimum absolute atomic E-state index is 0.577. The number of carbonyl (C=O) groups is 1. The Morgan fingerprint density at radius 3 is 2.93 bits per heavy atom. The van der Waals surface area contributed by atoms with Crippen LogP contribution in [-0.4, -0.2) is 19.4 Å². The van der Waals surface area contributed by atoms with Crippen molar-refractivity contribution in [3.63, 3.8) is 0 Å². The third kappa shape index (κ3) is 3.33. The van der Waals surface area contributed by atoms with Gasteiger partial charge in [0, 0.05) is 9.13 Å². The Morgan fingerprint density at radius 2 is 2.29 bits per heavy atom. The molecule has 0 bridgehead atoms. The quantitative estimate of drug-likeness (QED) is 0.516. The number of nitrogens with one attached hydrogen (secondary N) is 1. The molecule has 0 radical (unpaired) electrons. The minimum atomic E-state index is -0.577. The van der Waals surface area contributed by atoms with Crippen LogP contribution in [0.5, 0.6) is 0 Å². The number of ether oxygens (including phenoxy) is 1. The Morgan fingerprint density at radius 1 is 1.57 bits per heavy atom. The fraction of sp³-hybridized carbons (Fsp3) is 0.111. The first-order valence-corrected chi connectivity index (χ1v) is 4.93. The van der Waals surface area contributed by atoms with E-state index in [0.717, 1.165) is 9.13 Å². The zero-order chi connectivity index (χ0) is 10.4. The number of carbonyl (C=O) groups excluding carboxylic acids is 1. The van der Waals surface area contributed by atoms with Crippen LogP contribution in [0.3, 0.4) is 0 Å². The number of halogens is 1. The van der Waals surface area contributed by atoms with Crippen LogP contribution in [0.15, 0.2) is 29.4 Å². The summed E-state index contributed by atoms with van der Waals surface area (Å²) in [6.45, 7) is 0. The number of hydrogen-bond acceptors (Lipinski definition) is 3. The van der Waals surface area contributed by atoms with E-state index in [-0.39, 0.29) is 0 Å². The van der Waals surface area contributed by atoms with Crippen molar-refractivity contribution in [3.8, 4) is 0 Å². The lowest BCUT2D eigenvalue weighted by Gasteiger charge is -1.97. The smallest absolute Gasteiger partial charge is 0.427 e. The summed E-state index contributed by atoms with van der Waals surface area (Å²) in [5.74, 6) is 0. The standard InChI is InChI=1S/C9H9IN2O2/c1-14-9(13)12-11-6-7-4-2-3-5-8(7)10/h2-6H,1H3,(H,12,13)/b11-6-. The highest BCUT2D eigenvalue weighted by Crippen LogP contribution is 2.08. The number of hydrazone groups is 1. The predicted octanol–water partition coefficient (Wildman–Crippen LogP) is 1.98. The minimum Gasteiger partial charge on any atom is -0.452 e. The van der Waals surface area contributed by atoms with E-state index in [4.69, 9.17) is 0 Å². The number of hydrogen-bond donors (Lipinski definition) is 1.